The lowest BCUT2D eigenvalue weighted by Crippen LogP contribution is -2.37. The second kappa shape index (κ2) is 27.4. The van der Waals surface area contributed by atoms with Gasteiger partial charge < -0.3 is 14.4 Å². The predicted octanol–water partition coefficient (Wildman–Crippen LogP) is 9.62. The third-order valence-electron chi connectivity index (χ3n) is 7.07. The number of unbranched alkanes of at least 4 members (excludes halogenated alkanes) is 9. The van der Waals surface area contributed by atoms with Crippen LogP contribution >= 0.6 is 0 Å². The summed E-state index contributed by atoms with van der Waals surface area (Å²) in [6.45, 7) is 12.6. The van der Waals surface area contributed by atoms with Crippen molar-refractivity contribution in [1.29, 1.82) is 0 Å². The fraction of sp³-hybridized carbons (Fsp3) is 0.879. The van der Waals surface area contributed by atoms with Gasteiger partial charge in [-0.05, 0) is 70.9 Å². The van der Waals surface area contributed by atoms with Crippen molar-refractivity contribution in [2.45, 2.75) is 136 Å². The van der Waals surface area contributed by atoms with Crippen LogP contribution in [0.2, 0.25) is 0 Å². The standard InChI is InChI=1S/C33H65NO2/c1-7-8-9-10-11-12-13-14-15-16-17-18-19-20-21-22-27-35-29-33(34(5)6)30-36-28-26-32(4)25-23-24-31(2)3/h11-12,14-15,31-33H,7-10,13,16-30H2,1-6H3/b12-11-,15-14-/t32?,33-/m1/s1. The molecule has 3 heteroatoms. The average Bonchev–Trinajstić information content (AvgIpc) is 2.84. The summed E-state index contributed by atoms with van der Waals surface area (Å²) in [5.41, 5.74) is 0. The number of hydrogen-bond acceptors (Lipinski definition) is 3. The van der Waals surface area contributed by atoms with E-state index in [-0.39, 0.29) is 0 Å². The Morgan fingerprint density at radius 2 is 1.19 bits per heavy atom. The minimum absolute atomic E-state index is 0.353. The van der Waals surface area contributed by atoms with Gasteiger partial charge in [-0.15, -0.1) is 0 Å². The normalized spacial score (nSPS) is 14.1. The molecule has 2 atom stereocenters. The lowest BCUT2D eigenvalue weighted by molar-refractivity contribution is 0.0176. The van der Waals surface area contributed by atoms with Gasteiger partial charge in [0.2, 0.25) is 0 Å². The number of likely N-dealkylation sites (N-methyl/N-ethyl adjacent to an activating group) is 1. The Labute approximate surface area is 227 Å². The molecule has 36 heavy (non-hydrogen) atoms. The summed E-state index contributed by atoms with van der Waals surface area (Å²) in [4.78, 5) is 2.24. The third kappa shape index (κ3) is 26.4. The molecule has 0 aliphatic rings. The number of nitrogens with zero attached hydrogens (tertiary/aromatic N) is 1. The molecule has 0 fully saturated rings. The van der Waals surface area contributed by atoms with E-state index in [1.54, 1.807) is 0 Å². The zero-order chi connectivity index (χ0) is 26.7. The Morgan fingerprint density at radius 3 is 1.81 bits per heavy atom. The first-order valence-electron chi connectivity index (χ1n) is 15.6. The Kier molecular flexibility index (Phi) is 26.9. The Morgan fingerprint density at radius 1 is 0.611 bits per heavy atom. The highest BCUT2D eigenvalue weighted by atomic mass is 16.5. The molecule has 0 amide bonds. The van der Waals surface area contributed by atoms with Crippen LogP contribution in [0.1, 0.15) is 130 Å². The van der Waals surface area contributed by atoms with Crippen molar-refractivity contribution in [1.82, 2.24) is 4.90 Å². The molecule has 1 unspecified atom stereocenters. The molecule has 0 rings (SSSR count). The van der Waals surface area contributed by atoms with Gasteiger partial charge in [-0.25, -0.2) is 0 Å². The SMILES string of the molecule is CCCCC/C=C\C/C=C\CCCCCCCCOC[C@H](COCCC(C)CCCC(C)C)N(C)C. The first-order valence-corrected chi connectivity index (χ1v) is 15.6. The van der Waals surface area contributed by atoms with E-state index in [9.17, 15) is 0 Å². The van der Waals surface area contributed by atoms with Gasteiger partial charge in [-0.3, -0.25) is 0 Å². The van der Waals surface area contributed by atoms with E-state index in [2.05, 4.69) is 71.0 Å². The van der Waals surface area contributed by atoms with Gasteiger partial charge >= 0.3 is 0 Å². The van der Waals surface area contributed by atoms with Crippen LogP contribution in [-0.4, -0.2) is 51.5 Å². The lowest BCUT2D eigenvalue weighted by Gasteiger charge is -2.24. The highest BCUT2D eigenvalue weighted by Crippen LogP contribution is 2.15. The number of rotatable bonds is 27. The van der Waals surface area contributed by atoms with Gasteiger partial charge in [-0.2, -0.15) is 0 Å². The Hall–Kier alpha value is -0.640. The summed E-state index contributed by atoms with van der Waals surface area (Å²) in [7, 11) is 4.26. The van der Waals surface area contributed by atoms with Crippen molar-refractivity contribution in [2.24, 2.45) is 11.8 Å². The predicted molar refractivity (Wildman–Crippen MR) is 161 cm³/mol. The maximum Gasteiger partial charge on any atom is 0.0644 e. The maximum absolute atomic E-state index is 6.01. The van der Waals surface area contributed by atoms with E-state index in [1.807, 2.05) is 0 Å². The fourth-order valence-electron chi connectivity index (χ4n) is 4.28. The third-order valence-corrected chi connectivity index (χ3v) is 7.07. The molecular formula is C33H65NO2. The molecule has 3 nitrogen and oxygen atoms in total. The van der Waals surface area contributed by atoms with Crippen LogP contribution < -0.4 is 0 Å². The zero-order valence-corrected chi connectivity index (χ0v) is 25.4. The summed E-state index contributed by atoms with van der Waals surface area (Å²) in [5, 5.41) is 0. The fourth-order valence-corrected chi connectivity index (χ4v) is 4.28. The smallest absolute Gasteiger partial charge is 0.0644 e. The summed E-state index contributed by atoms with van der Waals surface area (Å²) in [5.74, 6) is 1.59. The van der Waals surface area contributed by atoms with Crippen molar-refractivity contribution in [3.8, 4) is 0 Å². The van der Waals surface area contributed by atoms with Crippen LogP contribution in [0, 0.1) is 11.8 Å². The van der Waals surface area contributed by atoms with Crippen molar-refractivity contribution in [3.63, 3.8) is 0 Å². The first kappa shape index (κ1) is 35.4. The highest BCUT2D eigenvalue weighted by Gasteiger charge is 2.12. The van der Waals surface area contributed by atoms with Crippen LogP contribution in [0.25, 0.3) is 0 Å². The maximum atomic E-state index is 6.01. The molecule has 0 radical (unpaired) electrons. The second-order valence-corrected chi connectivity index (χ2v) is 11.6. The van der Waals surface area contributed by atoms with Crippen molar-refractivity contribution in [2.75, 3.05) is 40.5 Å². The summed E-state index contributed by atoms with van der Waals surface area (Å²) >= 11 is 0. The minimum Gasteiger partial charge on any atom is -0.380 e. The summed E-state index contributed by atoms with van der Waals surface area (Å²) in [6, 6.07) is 0.353. The van der Waals surface area contributed by atoms with Gasteiger partial charge in [0.15, 0.2) is 0 Å². The van der Waals surface area contributed by atoms with Gasteiger partial charge in [0.1, 0.15) is 0 Å². The molecule has 0 saturated heterocycles. The molecule has 0 aromatic heterocycles. The minimum atomic E-state index is 0.353. The van der Waals surface area contributed by atoms with Gasteiger partial charge in [0, 0.05) is 13.2 Å². The second-order valence-electron chi connectivity index (χ2n) is 11.6. The van der Waals surface area contributed by atoms with Crippen LogP contribution in [0.4, 0.5) is 0 Å². The molecule has 0 heterocycles. The van der Waals surface area contributed by atoms with Crippen molar-refractivity contribution in [3.05, 3.63) is 24.3 Å². The van der Waals surface area contributed by atoms with E-state index in [0.29, 0.717) is 6.04 Å². The highest BCUT2D eigenvalue weighted by molar-refractivity contribution is 4.92. The molecular weight excluding hydrogens is 442 g/mol. The zero-order valence-electron chi connectivity index (χ0n) is 25.4. The number of hydrogen-bond donors (Lipinski definition) is 0. The molecule has 0 aromatic carbocycles. The Balaban J connectivity index is 3.55. The van der Waals surface area contributed by atoms with Gasteiger partial charge in [0.25, 0.3) is 0 Å². The average molecular weight is 508 g/mol. The van der Waals surface area contributed by atoms with Crippen molar-refractivity contribution >= 4 is 0 Å². The van der Waals surface area contributed by atoms with E-state index >= 15 is 0 Å². The molecule has 214 valence electrons. The lowest BCUT2D eigenvalue weighted by atomic mass is 9.98. The molecule has 0 N–H and O–H groups in total. The molecule has 0 spiro atoms. The van der Waals surface area contributed by atoms with Gasteiger partial charge in [0.05, 0.1) is 19.3 Å². The number of allylic oxidation sites excluding steroid dienone is 4. The molecule has 0 saturated carbocycles. The molecule has 0 aliphatic carbocycles. The quantitative estimate of drug-likeness (QED) is 0.0815. The topological polar surface area (TPSA) is 21.7 Å². The molecule has 0 bridgehead atoms. The van der Waals surface area contributed by atoms with Crippen molar-refractivity contribution < 1.29 is 9.47 Å². The van der Waals surface area contributed by atoms with E-state index in [4.69, 9.17) is 9.47 Å². The number of ether oxygens (including phenoxy) is 2. The van der Waals surface area contributed by atoms with E-state index in [1.165, 1.54) is 96.3 Å². The summed E-state index contributed by atoms with van der Waals surface area (Å²) in [6.07, 6.45) is 30.0. The van der Waals surface area contributed by atoms with Crippen LogP contribution in [0.3, 0.4) is 0 Å². The van der Waals surface area contributed by atoms with Gasteiger partial charge in [-0.1, -0.05) is 110 Å². The van der Waals surface area contributed by atoms with Crippen LogP contribution in [0.15, 0.2) is 24.3 Å². The molecule has 0 aliphatic heterocycles. The largest absolute Gasteiger partial charge is 0.380 e. The van der Waals surface area contributed by atoms with Crippen LogP contribution in [0.5, 0.6) is 0 Å². The van der Waals surface area contributed by atoms with E-state index < -0.39 is 0 Å². The Bertz CT molecular complexity index is 486. The summed E-state index contributed by atoms with van der Waals surface area (Å²) < 4.78 is 12.0. The monoisotopic (exact) mass is 508 g/mol. The molecule has 0 aromatic rings. The van der Waals surface area contributed by atoms with E-state index in [0.717, 1.165) is 44.7 Å². The van der Waals surface area contributed by atoms with Crippen LogP contribution in [-0.2, 0) is 9.47 Å². The first-order chi connectivity index (χ1) is 17.5.